The number of benzene rings is 2. The van der Waals surface area contributed by atoms with Gasteiger partial charge in [-0.2, -0.15) is 0 Å². The molecule has 0 unspecified atom stereocenters. The number of carbonyl (C=O) groups excluding carboxylic acids is 1. The summed E-state index contributed by atoms with van der Waals surface area (Å²) in [5.41, 5.74) is 2.47. The molecule has 2 rings (SSSR count). The first-order valence-corrected chi connectivity index (χ1v) is 7.27. The average molecular weight is 285 g/mol. The highest BCUT2D eigenvalue weighted by Crippen LogP contribution is 2.16. The Morgan fingerprint density at radius 3 is 2.52 bits per heavy atom. The van der Waals surface area contributed by atoms with E-state index in [2.05, 4.69) is 12.2 Å². The van der Waals surface area contributed by atoms with Gasteiger partial charge in [-0.15, -0.1) is 0 Å². The Morgan fingerprint density at radius 2 is 1.86 bits per heavy atom. The van der Waals surface area contributed by atoms with Crippen LogP contribution in [0.1, 0.15) is 41.3 Å². The van der Waals surface area contributed by atoms with Crippen LogP contribution in [0.25, 0.3) is 0 Å². The molecule has 0 aliphatic rings. The molecule has 3 heteroatoms. The Bertz CT molecular complexity index is 620. The molecule has 2 aromatic carbocycles. The minimum Gasteiger partial charge on any atom is -0.322 e. The minimum atomic E-state index is -0.463. The molecule has 1 N–H and O–H groups in total. The van der Waals surface area contributed by atoms with Crippen molar-refractivity contribution in [2.24, 2.45) is 0 Å². The summed E-state index contributed by atoms with van der Waals surface area (Å²) in [7, 11) is 0. The Hall–Kier alpha value is -2.16. The normalized spacial score (nSPS) is 10.4. The zero-order valence-corrected chi connectivity index (χ0v) is 12.4. The molecule has 0 atom stereocenters. The number of hydrogen-bond acceptors (Lipinski definition) is 1. The summed E-state index contributed by atoms with van der Waals surface area (Å²) in [5, 5.41) is 2.73. The third kappa shape index (κ3) is 3.91. The van der Waals surface area contributed by atoms with E-state index in [4.69, 9.17) is 0 Å². The van der Waals surface area contributed by atoms with E-state index in [0.717, 1.165) is 19.3 Å². The molecule has 0 saturated heterocycles. The standard InChI is InChI=1S/C18H20FNO/c1-3-4-7-14-9-11-15(12-10-14)20-18(21)16-8-5-6-13(2)17(16)19/h5-6,8-12H,3-4,7H2,1-2H3,(H,20,21). The quantitative estimate of drug-likeness (QED) is 0.845. The zero-order valence-electron chi connectivity index (χ0n) is 12.4. The SMILES string of the molecule is CCCCc1ccc(NC(=O)c2cccc(C)c2F)cc1. The lowest BCUT2D eigenvalue weighted by Crippen LogP contribution is -2.14. The molecule has 2 nitrogen and oxygen atoms in total. The maximum atomic E-state index is 13.9. The lowest BCUT2D eigenvalue weighted by Gasteiger charge is -2.08. The van der Waals surface area contributed by atoms with Crippen molar-refractivity contribution in [3.8, 4) is 0 Å². The minimum absolute atomic E-state index is 0.0741. The van der Waals surface area contributed by atoms with Crippen molar-refractivity contribution in [1.29, 1.82) is 0 Å². The van der Waals surface area contributed by atoms with Gasteiger partial charge in [0.25, 0.3) is 5.91 Å². The van der Waals surface area contributed by atoms with Crippen LogP contribution in [-0.2, 0) is 6.42 Å². The molecular formula is C18H20FNO. The van der Waals surface area contributed by atoms with Gasteiger partial charge in [0, 0.05) is 5.69 Å². The predicted octanol–water partition coefficient (Wildman–Crippen LogP) is 4.73. The molecule has 0 aliphatic heterocycles. The number of carbonyl (C=O) groups is 1. The van der Waals surface area contributed by atoms with Crippen molar-refractivity contribution in [2.75, 3.05) is 5.32 Å². The second-order valence-corrected chi connectivity index (χ2v) is 5.19. The van der Waals surface area contributed by atoms with Crippen LogP contribution < -0.4 is 5.32 Å². The molecule has 110 valence electrons. The summed E-state index contributed by atoms with van der Waals surface area (Å²) in [6.07, 6.45) is 3.35. The van der Waals surface area contributed by atoms with Crippen LogP contribution in [0.3, 0.4) is 0 Å². The van der Waals surface area contributed by atoms with E-state index < -0.39 is 11.7 Å². The summed E-state index contributed by atoms with van der Waals surface area (Å²) in [6, 6.07) is 12.5. The van der Waals surface area contributed by atoms with E-state index in [-0.39, 0.29) is 5.56 Å². The Labute approximate surface area is 125 Å². The van der Waals surface area contributed by atoms with Crippen LogP contribution >= 0.6 is 0 Å². The van der Waals surface area contributed by atoms with Gasteiger partial charge in [0.2, 0.25) is 0 Å². The van der Waals surface area contributed by atoms with Crippen molar-refractivity contribution < 1.29 is 9.18 Å². The fraction of sp³-hybridized carbons (Fsp3) is 0.278. The fourth-order valence-corrected chi connectivity index (χ4v) is 2.16. The lowest BCUT2D eigenvalue weighted by atomic mass is 10.1. The molecule has 0 aromatic heterocycles. The van der Waals surface area contributed by atoms with Crippen LogP contribution in [0.5, 0.6) is 0 Å². The highest BCUT2D eigenvalue weighted by molar-refractivity contribution is 6.04. The second kappa shape index (κ2) is 7.02. The number of hydrogen-bond donors (Lipinski definition) is 1. The van der Waals surface area contributed by atoms with Crippen molar-refractivity contribution >= 4 is 11.6 Å². The van der Waals surface area contributed by atoms with Gasteiger partial charge in [-0.05, 0) is 49.1 Å². The van der Waals surface area contributed by atoms with Gasteiger partial charge in [0.15, 0.2) is 0 Å². The summed E-state index contributed by atoms with van der Waals surface area (Å²) in [4.78, 5) is 12.1. The fourth-order valence-electron chi connectivity index (χ4n) is 2.16. The number of anilines is 1. The van der Waals surface area contributed by atoms with Gasteiger partial charge >= 0.3 is 0 Å². The monoisotopic (exact) mass is 285 g/mol. The maximum Gasteiger partial charge on any atom is 0.258 e. The van der Waals surface area contributed by atoms with Crippen LogP contribution in [0.15, 0.2) is 42.5 Å². The maximum absolute atomic E-state index is 13.9. The number of halogens is 1. The summed E-state index contributed by atoms with van der Waals surface area (Å²) < 4.78 is 13.9. The van der Waals surface area contributed by atoms with Gasteiger partial charge in [0.05, 0.1) is 5.56 Å². The number of rotatable bonds is 5. The Morgan fingerprint density at radius 1 is 1.14 bits per heavy atom. The van der Waals surface area contributed by atoms with Crippen molar-refractivity contribution in [2.45, 2.75) is 33.1 Å². The molecule has 2 aromatic rings. The molecule has 21 heavy (non-hydrogen) atoms. The number of nitrogens with one attached hydrogen (secondary N) is 1. The van der Waals surface area contributed by atoms with Crippen LogP contribution in [0.4, 0.5) is 10.1 Å². The Balaban J connectivity index is 2.07. The second-order valence-electron chi connectivity index (χ2n) is 5.19. The first-order chi connectivity index (χ1) is 10.1. The van der Waals surface area contributed by atoms with Crippen molar-refractivity contribution in [3.05, 3.63) is 65.0 Å². The van der Waals surface area contributed by atoms with Crippen LogP contribution in [0.2, 0.25) is 0 Å². The van der Waals surface area contributed by atoms with Gasteiger partial charge in [-0.3, -0.25) is 4.79 Å². The van der Waals surface area contributed by atoms with Gasteiger partial charge in [-0.1, -0.05) is 37.6 Å². The van der Waals surface area contributed by atoms with Gasteiger partial charge < -0.3 is 5.32 Å². The first kappa shape index (κ1) is 15.2. The topological polar surface area (TPSA) is 29.1 Å². The smallest absolute Gasteiger partial charge is 0.258 e. The average Bonchev–Trinajstić information content (AvgIpc) is 2.49. The largest absolute Gasteiger partial charge is 0.322 e. The predicted molar refractivity (Wildman–Crippen MR) is 84.1 cm³/mol. The van der Waals surface area contributed by atoms with Gasteiger partial charge in [-0.25, -0.2) is 4.39 Å². The molecule has 0 bridgehead atoms. The van der Waals surface area contributed by atoms with E-state index in [1.165, 1.54) is 11.6 Å². The number of amides is 1. The third-order valence-electron chi connectivity index (χ3n) is 3.47. The molecule has 0 saturated carbocycles. The Kier molecular flexibility index (Phi) is 5.09. The number of aryl methyl sites for hydroxylation is 2. The zero-order chi connectivity index (χ0) is 15.2. The molecule has 0 fully saturated rings. The van der Waals surface area contributed by atoms with E-state index in [9.17, 15) is 9.18 Å². The van der Waals surface area contributed by atoms with E-state index in [1.54, 1.807) is 19.1 Å². The molecule has 0 aliphatic carbocycles. The molecule has 0 spiro atoms. The molecule has 1 amide bonds. The number of unbranched alkanes of at least 4 members (excludes halogenated alkanes) is 1. The van der Waals surface area contributed by atoms with E-state index >= 15 is 0 Å². The third-order valence-corrected chi connectivity index (χ3v) is 3.47. The lowest BCUT2D eigenvalue weighted by molar-refractivity contribution is 0.102. The highest BCUT2D eigenvalue weighted by atomic mass is 19.1. The summed E-state index contributed by atoms with van der Waals surface area (Å²) in [6.45, 7) is 3.81. The van der Waals surface area contributed by atoms with Crippen molar-refractivity contribution in [1.82, 2.24) is 0 Å². The molecule has 0 radical (unpaired) electrons. The molecular weight excluding hydrogens is 265 g/mol. The van der Waals surface area contributed by atoms with Crippen LogP contribution in [-0.4, -0.2) is 5.91 Å². The molecule has 0 heterocycles. The summed E-state index contributed by atoms with van der Waals surface area (Å²) in [5.74, 6) is -0.882. The van der Waals surface area contributed by atoms with Crippen LogP contribution in [0, 0.1) is 12.7 Å². The van der Waals surface area contributed by atoms with E-state index in [0.29, 0.717) is 11.3 Å². The van der Waals surface area contributed by atoms with E-state index in [1.807, 2.05) is 24.3 Å². The highest BCUT2D eigenvalue weighted by Gasteiger charge is 2.13. The van der Waals surface area contributed by atoms with Gasteiger partial charge in [0.1, 0.15) is 5.82 Å². The van der Waals surface area contributed by atoms with Crippen molar-refractivity contribution in [3.63, 3.8) is 0 Å². The summed E-state index contributed by atoms with van der Waals surface area (Å²) >= 11 is 0. The first-order valence-electron chi connectivity index (χ1n) is 7.27.